The minimum atomic E-state index is -0.548. The van der Waals surface area contributed by atoms with Crippen LogP contribution in [0.1, 0.15) is 40.0 Å². The van der Waals surface area contributed by atoms with E-state index >= 15 is 0 Å². The van der Waals surface area contributed by atoms with Gasteiger partial charge in [0.15, 0.2) is 5.79 Å². The maximum absolute atomic E-state index is 9.33. The Morgan fingerprint density at radius 3 is 2.69 bits per heavy atom. The predicted octanol–water partition coefficient (Wildman–Crippen LogP) is 1.46. The molecule has 94 valence electrons. The topological polar surface area (TPSA) is 47.9 Å². The average Bonchev–Trinajstić information content (AvgIpc) is 2.51. The molecule has 0 spiro atoms. The van der Waals surface area contributed by atoms with Crippen molar-refractivity contribution in [2.45, 2.75) is 70.2 Å². The highest BCUT2D eigenvalue weighted by atomic mass is 16.8. The lowest BCUT2D eigenvalue weighted by Crippen LogP contribution is -2.48. The first-order valence-corrected chi connectivity index (χ1v) is 6.17. The first-order valence-electron chi connectivity index (χ1n) is 6.17. The Kier molecular flexibility index (Phi) is 3.54. The van der Waals surface area contributed by atoms with Crippen molar-refractivity contribution in [3.8, 4) is 0 Å². The molecule has 16 heavy (non-hydrogen) atoms. The van der Waals surface area contributed by atoms with Crippen LogP contribution < -0.4 is 0 Å². The van der Waals surface area contributed by atoms with Gasteiger partial charge < -0.3 is 19.3 Å². The molecule has 4 heteroatoms. The summed E-state index contributed by atoms with van der Waals surface area (Å²) in [4.78, 5) is 0. The van der Waals surface area contributed by atoms with Gasteiger partial charge in [0.2, 0.25) is 0 Å². The van der Waals surface area contributed by atoms with Gasteiger partial charge in [-0.2, -0.15) is 0 Å². The van der Waals surface area contributed by atoms with Gasteiger partial charge in [0.05, 0.1) is 18.8 Å². The molecule has 2 saturated heterocycles. The number of rotatable bonds is 3. The van der Waals surface area contributed by atoms with Gasteiger partial charge in [-0.05, 0) is 20.3 Å². The monoisotopic (exact) mass is 230 g/mol. The van der Waals surface area contributed by atoms with Crippen LogP contribution in [0.25, 0.3) is 0 Å². The van der Waals surface area contributed by atoms with E-state index in [0.29, 0.717) is 0 Å². The summed E-state index contributed by atoms with van der Waals surface area (Å²) >= 11 is 0. The highest BCUT2D eigenvalue weighted by Crippen LogP contribution is 2.37. The molecule has 0 aromatic heterocycles. The summed E-state index contributed by atoms with van der Waals surface area (Å²) in [7, 11) is 0. The lowest BCUT2D eigenvalue weighted by molar-refractivity contribution is -0.165. The van der Waals surface area contributed by atoms with Gasteiger partial charge in [-0.15, -0.1) is 0 Å². The smallest absolute Gasteiger partial charge is 0.163 e. The van der Waals surface area contributed by atoms with Crippen LogP contribution in [-0.4, -0.2) is 41.9 Å². The molecular formula is C12H22O4. The van der Waals surface area contributed by atoms with Crippen molar-refractivity contribution >= 4 is 0 Å². The van der Waals surface area contributed by atoms with Crippen molar-refractivity contribution in [1.29, 1.82) is 0 Å². The quantitative estimate of drug-likeness (QED) is 0.797. The summed E-state index contributed by atoms with van der Waals surface area (Å²) in [5.74, 6) is -0.548. The van der Waals surface area contributed by atoms with E-state index in [1.165, 1.54) is 0 Å². The van der Waals surface area contributed by atoms with Gasteiger partial charge in [0.25, 0.3) is 0 Å². The maximum Gasteiger partial charge on any atom is 0.163 e. The van der Waals surface area contributed by atoms with Crippen molar-refractivity contribution in [3.05, 3.63) is 0 Å². The number of aliphatic hydroxyl groups is 1. The summed E-state index contributed by atoms with van der Waals surface area (Å²) in [6, 6.07) is 0. The highest BCUT2D eigenvalue weighted by Gasteiger charge is 2.49. The molecule has 0 amide bonds. The molecular weight excluding hydrogens is 208 g/mol. The molecule has 2 aliphatic heterocycles. The Bertz CT molecular complexity index is 241. The fraction of sp³-hybridized carbons (Fsp3) is 1.00. The van der Waals surface area contributed by atoms with Gasteiger partial charge in [-0.1, -0.05) is 13.3 Å². The second-order valence-corrected chi connectivity index (χ2v) is 5.14. The number of aliphatic hydroxyl groups excluding tert-OH is 1. The summed E-state index contributed by atoms with van der Waals surface area (Å²) in [6.45, 7) is 5.96. The third kappa shape index (κ3) is 2.40. The second kappa shape index (κ2) is 4.61. The Hall–Kier alpha value is -0.160. The number of ether oxygens (including phenoxy) is 3. The fourth-order valence-corrected chi connectivity index (χ4v) is 2.65. The standard InChI is InChI=1S/C12H22O4/c1-4-5-8-6-9-11(10(7-13)14-8)16-12(2,3)15-9/h8-11,13H,4-7H2,1-3H3/t8-,9-,10-,11-/m1/s1. The lowest BCUT2D eigenvalue weighted by Gasteiger charge is -2.35. The van der Waals surface area contributed by atoms with E-state index in [2.05, 4.69) is 6.92 Å². The van der Waals surface area contributed by atoms with E-state index in [9.17, 15) is 5.11 Å². The number of fused-ring (bicyclic) bond motifs is 1. The molecule has 0 radical (unpaired) electrons. The van der Waals surface area contributed by atoms with Crippen LogP contribution in [0.2, 0.25) is 0 Å². The summed E-state index contributed by atoms with van der Waals surface area (Å²) < 4.78 is 17.5. The fourth-order valence-electron chi connectivity index (χ4n) is 2.65. The normalized spacial score (nSPS) is 42.0. The molecule has 0 aromatic rings. The van der Waals surface area contributed by atoms with Crippen LogP contribution in [0.4, 0.5) is 0 Å². The first-order chi connectivity index (χ1) is 7.55. The van der Waals surface area contributed by atoms with Crippen LogP contribution in [-0.2, 0) is 14.2 Å². The van der Waals surface area contributed by atoms with Crippen LogP contribution in [0.15, 0.2) is 0 Å². The molecule has 1 N–H and O–H groups in total. The highest BCUT2D eigenvalue weighted by molar-refractivity contribution is 4.92. The molecule has 2 aliphatic rings. The molecule has 2 fully saturated rings. The van der Waals surface area contributed by atoms with E-state index in [4.69, 9.17) is 14.2 Å². The number of hydrogen-bond donors (Lipinski definition) is 1. The van der Waals surface area contributed by atoms with E-state index < -0.39 is 5.79 Å². The van der Waals surface area contributed by atoms with Crippen molar-refractivity contribution in [2.24, 2.45) is 0 Å². The molecule has 4 nitrogen and oxygen atoms in total. The molecule has 0 aromatic carbocycles. The Morgan fingerprint density at radius 2 is 2.06 bits per heavy atom. The van der Waals surface area contributed by atoms with E-state index in [1.807, 2.05) is 13.8 Å². The first kappa shape index (κ1) is 12.3. The van der Waals surface area contributed by atoms with Crippen molar-refractivity contribution in [1.82, 2.24) is 0 Å². The maximum atomic E-state index is 9.33. The molecule has 0 aliphatic carbocycles. The summed E-state index contributed by atoms with van der Waals surface area (Å²) in [6.07, 6.45) is 2.88. The zero-order chi connectivity index (χ0) is 11.8. The van der Waals surface area contributed by atoms with E-state index in [-0.39, 0.29) is 31.0 Å². The molecule has 4 atom stereocenters. The van der Waals surface area contributed by atoms with Crippen LogP contribution in [0.5, 0.6) is 0 Å². The Balaban J connectivity index is 2.04. The van der Waals surface area contributed by atoms with E-state index in [1.54, 1.807) is 0 Å². The number of hydrogen-bond acceptors (Lipinski definition) is 4. The lowest BCUT2D eigenvalue weighted by atomic mass is 9.96. The van der Waals surface area contributed by atoms with Crippen molar-refractivity contribution in [2.75, 3.05) is 6.61 Å². The van der Waals surface area contributed by atoms with Gasteiger partial charge in [0, 0.05) is 6.42 Å². The third-order valence-electron chi connectivity index (χ3n) is 3.24. The van der Waals surface area contributed by atoms with Gasteiger partial charge in [-0.3, -0.25) is 0 Å². The Morgan fingerprint density at radius 1 is 1.31 bits per heavy atom. The Labute approximate surface area is 96.9 Å². The zero-order valence-electron chi connectivity index (χ0n) is 10.3. The minimum Gasteiger partial charge on any atom is -0.394 e. The summed E-state index contributed by atoms with van der Waals surface area (Å²) in [5.41, 5.74) is 0. The molecule has 2 rings (SSSR count). The second-order valence-electron chi connectivity index (χ2n) is 5.14. The van der Waals surface area contributed by atoms with Gasteiger partial charge in [0.1, 0.15) is 12.2 Å². The molecule has 0 unspecified atom stereocenters. The average molecular weight is 230 g/mol. The zero-order valence-corrected chi connectivity index (χ0v) is 10.3. The third-order valence-corrected chi connectivity index (χ3v) is 3.24. The minimum absolute atomic E-state index is 0.000814. The van der Waals surface area contributed by atoms with Gasteiger partial charge in [-0.25, -0.2) is 0 Å². The van der Waals surface area contributed by atoms with Crippen molar-refractivity contribution < 1.29 is 19.3 Å². The van der Waals surface area contributed by atoms with E-state index in [0.717, 1.165) is 19.3 Å². The molecule has 2 heterocycles. The predicted molar refractivity (Wildman–Crippen MR) is 59.1 cm³/mol. The molecule has 0 bridgehead atoms. The largest absolute Gasteiger partial charge is 0.394 e. The van der Waals surface area contributed by atoms with Crippen LogP contribution in [0.3, 0.4) is 0 Å². The summed E-state index contributed by atoms with van der Waals surface area (Å²) in [5, 5.41) is 9.33. The van der Waals surface area contributed by atoms with Gasteiger partial charge >= 0.3 is 0 Å². The SMILES string of the molecule is CCC[C@@H]1C[C@H]2OC(C)(C)O[C@H]2[C@@H](CO)O1. The molecule has 0 saturated carbocycles. The van der Waals surface area contributed by atoms with Crippen molar-refractivity contribution in [3.63, 3.8) is 0 Å². The van der Waals surface area contributed by atoms with Crippen LogP contribution in [0, 0.1) is 0 Å². The van der Waals surface area contributed by atoms with Crippen LogP contribution >= 0.6 is 0 Å².